The predicted molar refractivity (Wildman–Crippen MR) is 57.8 cm³/mol. The van der Waals surface area contributed by atoms with E-state index in [2.05, 4.69) is 5.32 Å². The van der Waals surface area contributed by atoms with Crippen molar-refractivity contribution in [2.75, 3.05) is 0 Å². The van der Waals surface area contributed by atoms with Gasteiger partial charge in [-0.3, -0.25) is 0 Å². The lowest BCUT2D eigenvalue weighted by atomic mass is 10.2. The van der Waals surface area contributed by atoms with Crippen LogP contribution >= 0.6 is 0 Å². The molecule has 1 amide bonds. The molecule has 0 bridgehead atoms. The summed E-state index contributed by atoms with van der Waals surface area (Å²) in [5, 5.41) is 2.83. The maximum Gasteiger partial charge on any atom is 0.412 e. The SMILES string of the molecule is CC(NC(=O)Oc1ccccc1)C1CC1. The summed E-state index contributed by atoms with van der Waals surface area (Å²) in [5.41, 5.74) is 0. The number of hydrogen-bond acceptors (Lipinski definition) is 2. The number of benzene rings is 1. The van der Waals surface area contributed by atoms with E-state index < -0.39 is 0 Å². The highest BCUT2D eigenvalue weighted by atomic mass is 16.6. The average molecular weight is 205 g/mol. The second kappa shape index (κ2) is 4.34. The Labute approximate surface area is 89.4 Å². The van der Waals surface area contributed by atoms with Crippen LogP contribution in [-0.4, -0.2) is 12.1 Å². The molecule has 1 saturated carbocycles. The lowest BCUT2D eigenvalue weighted by Gasteiger charge is -2.12. The van der Waals surface area contributed by atoms with Crippen LogP contribution in [0.15, 0.2) is 30.3 Å². The zero-order valence-corrected chi connectivity index (χ0v) is 8.77. The van der Waals surface area contributed by atoms with Crippen LogP contribution in [0.3, 0.4) is 0 Å². The van der Waals surface area contributed by atoms with Gasteiger partial charge in [-0.15, -0.1) is 0 Å². The van der Waals surface area contributed by atoms with Crippen molar-refractivity contribution in [3.05, 3.63) is 30.3 Å². The Hall–Kier alpha value is -1.51. The number of carbonyl (C=O) groups is 1. The van der Waals surface area contributed by atoms with Gasteiger partial charge < -0.3 is 10.1 Å². The summed E-state index contributed by atoms with van der Waals surface area (Å²) in [6.45, 7) is 2.02. The van der Waals surface area contributed by atoms with Crippen LogP contribution in [0.4, 0.5) is 4.79 Å². The molecule has 0 saturated heterocycles. The van der Waals surface area contributed by atoms with E-state index in [1.54, 1.807) is 12.1 Å². The highest BCUT2D eigenvalue weighted by Gasteiger charge is 2.29. The molecule has 0 aliphatic heterocycles. The minimum absolute atomic E-state index is 0.223. The standard InChI is InChI=1S/C12H15NO2/c1-9(10-7-8-10)13-12(14)15-11-5-3-2-4-6-11/h2-6,9-10H,7-8H2,1H3,(H,13,14). The molecule has 15 heavy (non-hydrogen) atoms. The zero-order valence-electron chi connectivity index (χ0n) is 8.77. The second-order valence-electron chi connectivity index (χ2n) is 3.97. The summed E-state index contributed by atoms with van der Waals surface area (Å²) < 4.78 is 5.11. The van der Waals surface area contributed by atoms with Gasteiger partial charge in [-0.25, -0.2) is 4.79 Å². The van der Waals surface area contributed by atoms with E-state index in [0.29, 0.717) is 11.7 Å². The maximum absolute atomic E-state index is 11.4. The van der Waals surface area contributed by atoms with Crippen LogP contribution in [0.25, 0.3) is 0 Å². The third-order valence-corrected chi connectivity index (χ3v) is 2.63. The Bertz CT molecular complexity index is 333. The predicted octanol–water partition coefficient (Wildman–Crippen LogP) is 2.57. The van der Waals surface area contributed by atoms with Crippen molar-refractivity contribution >= 4 is 6.09 Å². The van der Waals surface area contributed by atoms with Crippen molar-refractivity contribution in [3.8, 4) is 5.75 Å². The smallest absolute Gasteiger partial charge is 0.410 e. The molecular formula is C12H15NO2. The molecule has 1 aromatic carbocycles. The summed E-state index contributed by atoms with van der Waals surface area (Å²) in [6, 6.07) is 9.32. The van der Waals surface area contributed by atoms with Gasteiger partial charge in [-0.05, 0) is 37.8 Å². The van der Waals surface area contributed by atoms with Crippen LogP contribution in [-0.2, 0) is 0 Å². The Morgan fingerprint density at radius 2 is 2.07 bits per heavy atom. The van der Waals surface area contributed by atoms with E-state index in [0.717, 1.165) is 0 Å². The van der Waals surface area contributed by atoms with Crippen LogP contribution in [0.1, 0.15) is 19.8 Å². The van der Waals surface area contributed by atoms with E-state index in [9.17, 15) is 4.79 Å². The van der Waals surface area contributed by atoms with Gasteiger partial charge >= 0.3 is 6.09 Å². The van der Waals surface area contributed by atoms with Gasteiger partial charge in [-0.1, -0.05) is 18.2 Å². The van der Waals surface area contributed by atoms with Crippen LogP contribution < -0.4 is 10.1 Å². The third kappa shape index (κ3) is 2.98. The molecule has 1 N–H and O–H groups in total. The van der Waals surface area contributed by atoms with Crippen molar-refractivity contribution in [2.45, 2.75) is 25.8 Å². The Morgan fingerprint density at radius 3 is 2.67 bits per heavy atom. The summed E-state index contributed by atoms with van der Waals surface area (Å²) in [7, 11) is 0. The number of rotatable bonds is 3. The Balaban J connectivity index is 1.81. The van der Waals surface area contributed by atoms with E-state index in [-0.39, 0.29) is 12.1 Å². The molecule has 0 spiro atoms. The van der Waals surface area contributed by atoms with Gasteiger partial charge in [0.1, 0.15) is 5.75 Å². The minimum atomic E-state index is -0.361. The molecule has 0 radical (unpaired) electrons. The zero-order chi connectivity index (χ0) is 10.7. The Morgan fingerprint density at radius 1 is 1.40 bits per heavy atom. The molecule has 1 aliphatic rings. The van der Waals surface area contributed by atoms with E-state index >= 15 is 0 Å². The average Bonchev–Trinajstić information content (AvgIpc) is 3.01. The highest BCUT2D eigenvalue weighted by molar-refractivity contribution is 5.70. The summed E-state index contributed by atoms with van der Waals surface area (Å²) >= 11 is 0. The molecule has 0 aromatic heterocycles. The van der Waals surface area contributed by atoms with Crippen LogP contribution in [0, 0.1) is 5.92 Å². The third-order valence-electron chi connectivity index (χ3n) is 2.63. The minimum Gasteiger partial charge on any atom is -0.410 e. The number of carbonyl (C=O) groups excluding carboxylic acids is 1. The van der Waals surface area contributed by atoms with Gasteiger partial charge in [0.25, 0.3) is 0 Å². The molecule has 1 unspecified atom stereocenters. The van der Waals surface area contributed by atoms with Gasteiger partial charge in [0.05, 0.1) is 0 Å². The van der Waals surface area contributed by atoms with Gasteiger partial charge in [0.15, 0.2) is 0 Å². The molecule has 1 fully saturated rings. The molecule has 1 aliphatic carbocycles. The number of nitrogens with one attached hydrogen (secondary N) is 1. The van der Waals surface area contributed by atoms with E-state index in [1.165, 1.54) is 12.8 Å². The van der Waals surface area contributed by atoms with Gasteiger partial charge in [-0.2, -0.15) is 0 Å². The molecule has 3 heteroatoms. The number of para-hydroxylation sites is 1. The fourth-order valence-electron chi connectivity index (χ4n) is 1.53. The molecule has 3 nitrogen and oxygen atoms in total. The lowest BCUT2D eigenvalue weighted by Crippen LogP contribution is -2.36. The van der Waals surface area contributed by atoms with E-state index in [4.69, 9.17) is 4.74 Å². The summed E-state index contributed by atoms with van der Waals surface area (Å²) in [4.78, 5) is 11.4. The first kappa shape index (κ1) is 10.0. The van der Waals surface area contributed by atoms with Crippen molar-refractivity contribution in [1.82, 2.24) is 5.32 Å². The molecule has 1 atom stereocenters. The highest BCUT2D eigenvalue weighted by Crippen LogP contribution is 2.32. The quantitative estimate of drug-likeness (QED) is 0.823. The second-order valence-corrected chi connectivity index (χ2v) is 3.97. The first-order chi connectivity index (χ1) is 7.25. The van der Waals surface area contributed by atoms with Crippen LogP contribution in [0.2, 0.25) is 0 Å². The molecular weight excluding hydrogens is 190 g/mol. The van der Waals surface area contributed by atoms with Crippen molar-refractivity contribution < 1.29 is 9.53 Å². The molecule has 1 aromatic rings. The largest absolute Gasteiger partial charge is 0.412 e. The first-order valence-electron chi connectivity index (χ1n) is 5.29. The van der Waals surface area contributed by atoms with Crippen molar-refractivity contribution in [1.29, 1.82) is 0 Å². The van der Waals surface area contributed by atoms with Gasteiger partial charge in [0.2, 0.25) is 0 Å². The molecule has 0 heterocycles. The fraction of sp³-hybridized carbons (Fsp3) is 0.417. The normalized spacial score (nSPS) is 16.9. The van der Waals surface area contributed by atoms with Crippen molar-refractivity contribution in [2.24, 2.45) is 5.92 Å². The number of hydrogen-bond donors (Lipinski definition) is 1. The fourth-order valence-corrected chi connectivity index (χ4v) is 1.53. The number of amides is 1. The lowest BCUT2D eigenvalue weighted by molar-refractivity contribution is 0.195. The maximum atomic E-state index is 11.4. The first-order valence-corrected chi connectivity index (χ1v) is 5.29. The topological polar surface area (TPSA) is 38.3 Å². The molecule has 80 valence electrons. The van der Waals surface area contributed by atoms with Crippen LogP contribution in [0.5, 0.6) is 5.75 Å². The summed E-state index contributed by atoms with van der Waals surface area (Å²) in [5.74, 6) is 1.23. The summed E-state index contributed by atoms with van der Waals surface area (Å²) in [6.07, 6.45) is 2.07. The van der Waals surface area contributed by atoms with E-state index in [1.807, 2.05) is 25.1 Å². The number of ether oxygens (including phenoxy) is 1. The van der Waals surface area contributed by atoms with Gasteiger partial charge in [0, 0.05) is 6.04 Å². The monoisotopic (exact) mass is 205 g/mol. The van der Waals surface area contributed by atoms with Crippen molar-refractivity contribution in [3.63, 3.8) is 0 Å². The Kier molecular flexibility index (Phi) is 2.90. The molecule has 2 rings (SSSR count).